The average Bonchev–Trinajstić information content (AvgIpc) is 3.19. The largest absolute Gasteiger partial charge is 0.448 e. The topological polar surface area (TPSA) is 92.1 Å². The van der Waals surface area contributed by atoms with Crippen molar-refractivity contribution in [3.63, 3.8) is 0 Å². The number of carbonyl (C=O) groups is 2. The molecule has 8 heteroatoms. The molecule has 1 aliphatic carbocycles. The summed E-state index contributed by atoms with van der Waals surface area (Å²) in [6.45, 7) is 1.47. The van der Waals surface area contributed by atoms with Crippen molar-refractivity contribution in [3.05, 3.63) is 41.2 Å². The minimum absolute atomic E-state index is 0.0802. The van der Waals surface area contributed by atoms with Gasteiger partial charge in [0.1, 0.15) is 16.4 Å². The van der Waals surface area contributed by atoms with Crippen molar-refractivity contribution in [3.8, 4) is 16.6 Å². The number of nitriles is 1. The molecule has 6 nitrogen and oxygen atoms in total. The summed E-state index contributed by atoms with van der Waals surface area (Å²) in [4.78, 5) is 28.9. The van der Waals surface area contributed by atoms with Crippen LogP contribution in [0.2, 0.25) is 0 Å². The number of benzene rings is 1. The van der Waals surface area contributed by atoms with Crippen LogP contribution in [0.25, 0.3) is 10.6 Å². The van der Waals surface area contributed by atoms with Gasteiger partial charge < -0.3 is 10.1 Å². The summed E-state index contributed by atoms with van der Waals surface area (Å²) in [5.41, 5.74) is -0.118. The van der Waals surface area contributed by atoms with E-state index >= 15 is 0 Å². The van der Waals surface area contributed by atoms with Crippen LogP contribution < -0.4 is 5.32 Å². The number of hydrogen-bond donors (Lipinski definition) is 1. The number of halogens is 1. The third kappa shape index (κ3) is 4.54. The molecule has 1 aliphatic rings. The van der Waals surface area contributed by atoms with E-state index in [1.54, 1.807) is 12.1 Å². The van der Waals surface area contributed by atoms with Crippen LogP contribution in [0.3, 0.4) is 0 Å². The maximum Gasteiger partial charge on any atom is 0.358 e. The first kappa shape index (κ1) is 20.0. The lowest BCUT2D eigenvalue weighted by molar-refractivity contribution is -0.130. The van der Waals surface area contributed by atoms with Gasteiger partial charge in [-0.2, -0.15) is 5.26 Å². The fourth-order valence-corrected chi connectivity index (χ4v) is 3.92. The molecule has 1 aromatic carbocycles. The van der Waals surface area contributed by atoms with Gasteiger partial charge in [0.15, 0.2) is 11.8 Å². The minimum Gasteiger partial charge on any atom is -0.448 e. The van der Waals surface area contributed by atoms with Gasteiger partial charge in [0.05, 0.1) is 6.07 Å². The zero-order valence-corrected chi connectivity index (χ0v) is 16.2. The maximum absolute atomic E-state index is 13.0. The first-order valence-corrected chi connectivity index (χ1v) is 9.96. The Bertz CT molecular complexity index is 898. The van der Waals surface area contributed by atoms with Crippen LogP contribution in [-0.4, -0.2) is 28.5 Å². The van der Waals surface area contributed by atoms with Crippen LogP contribution >= 0.6 is 11.3 Å². The molecule has 1 aromatic heterocycles. The third-order valence-electron chi connectivity index (χ3n) is 4.74. The molecule has 28 heavy (non-hydrogen) atoms. The highest BCUT2D eigenvalue weighted by atomic mass is 32.1. The zero-order valence-electron chi connectivity index (χ0n) is 15.4. The molecule has 1 fully saturated rings. The fourth-order valence-electron chi connectivity index (χ4n) is 3.12. The van der Waals surface area contributed by atoms with Gasteiger partial charge in [0.2, 0.25) is 0 Å². The number of ether oxygens (including phenoxy) is 1. The first-order chi connectivity index (χ1) is 13.4. The van der Waals surface area contributed by atoms with Crippen molar-refractivity contribution in [1.82, 2.24) is 10.3 Å². The predicted octanol–water partition coefficient (Wildman–Crippen LogP) is 3.84. The molecule has 2 aromatic rings. The SMILES string of the molecule is C[C@@H](OC(=O)c1csc(-c2ccc(F)cc2)n1)C(=O)NC1(C#N)CCCCC1. The lowest BCUT2D eigenvalue weighted by atomic mass is 9.83. The second kappa shape index (κ2) is 8.48. The van der Waals surface area contributed by atoms with E-state index in [1.165, 1.54) is 35.8 Å². The van der Waals surface area contributed by atoms with E-state index in [1.807, 2.05) is 0 Å². The number of nitrogens with one attached hydrogen (secondary N) is 1. The van der Waals surface area contributed by atoms with E-state index in [2.05, 4.69) is 16.4 Å². The normalized spacial score (nSPS) is 16.6. The molecular formula is C20H20FN3O3S. The first-order valence-electron chi connectivity index (χ1n) is 9.08. The zero-order chi connectivity index (χ0) is 20.1. The van der Waals surface area contributed by atoms with Crippen LogP contribution in [0, 0.1) is 17.1 Å². The van der Waals surface area contributed by atoms with E-state index in [0.29, 0.717) is 23.4 Å². The monoisotopic (exact) mass is 401 g/mol. The van der Waals surface area contributed by atoms with Crippen LogP contribution in [0.4, 0.5) is 4.39 Å². The van der Waals surface area contributed by atoms with E-state index in [4.69, 9.17) is 4.74 Å². The Kier molecular flexibility index (Phi) is 6.05. The highest BCUT2D eigenvalue weighted by Gasteiger charge is 2.35. The summed E-state index contributed by atoms with van der Waals surface area (Å²) in [5.74, 6) is -1.57. The Labute approximate surface area is 166 Å². The number of hydrogen-bond acceptors (Lipinski definition) is 6. The van der Waals surface area contributed by atoms with Crippen molar-refractivity contribution < 1.29 is 18.7 Å². The lowest BCUT2D eigenvalue weighted by Gasteiger charge is -2.32. The molecule has 146 valence electrons. The van der Waals surface area contributed by atoms with Gasteiger partial charge in [-0.3, -0.25) is 4.79 Å². The molecular weight excluding hydrogens is 381 g/mol. The van der Waals surface area contributed by atoms with Crippen LogP contribution in [0.1, 0.15) is 49.5 Å². The van der Waals surface area contributed by atoms with Crippen LogP contribution in [0.15, 0.2) is 29.6 Å². The third-order valence-corrected chi connectivity index (χ3v) is 5.63. The molecule has 0 spiro atoms. The van der Waals surface area contributed by atoms with E-state index in [-0.39, 0.29) is 11.5 Å². The number of thiazole rings is 1. The second-order valence-electron chi connectivity index (χ2n) is 6.84. The van der Waals surface area contributed by atoms with Crippen molar-refractivity contribution in [1.29, 1.82) is 5.26 Å². The Balaban J connectivity index is 1.62. The number of carbonyl (C=O) groups excluding carboxylic acids is 2. The Morgan fingerprint density at radius 3 is 2.61 bits per heavy atom. The van der Waals surface area contributed by atoms with Crippen molar-refractivity contribution in [2.24, 2.45) is 0 Å². The van der Waals surface area contributed by atoms with Crippen LogP contribution in [-0.2, 0) is 9.53 Å². The average molecular weight is 401 g/mol. The summed E-state index contributed by atoms with van der Waals surface area (Å²) in [6, 6.07) is 7.99. The Morgan fingerprint density at radius 2 is 1.96 bits per heavy atom. The molecule has 0 bridgehead atoms. The van der Waals surface area contributed by atoms with E-state index in [9.17, 15) is 19.2 Å². The van der Waals surface area contributed by atoms with Gasteiger partial charge >= 0.3 is 5.97 Å². The van der Waals surface area contributed by atoms with Gasteiger partial charge in [-0.15, -0.1) is 11.3 Å². The van der Waals surface area contributed by atoms with E-state index in [0.717, 1.165) is 19.3 Å². The molecule has 1 heterocycles. The van der Waals surface area contributed by atoms with Gasteiger partial charge in [0, 0.05) is 10.9 Å². The predicted molar refractivity (Wildman–Crippen MR) is 102 cm³/mol. The summed E-state index contributed by atoms with van der Waals surface area (Å²) < 4.78 is 18.2. The molecule has 0 saturated heterocycles. The molecule has 3 rings (SSSR count). The summed E-state index contributed by atoms with van der Waals surface area (Å²) in [5, 5.41) is 14.3. The highest BCUT2D eigenvalue weighted by molar-refractivity contribution is 7.13. The Hall–Kier alpha value is -2.79. The number of amides is 1. The summed E-state index contributed by atoms with van der Waals surface area (Å²) >= 11 is 1.23. The molecule has 1 N–H and O–H groups in total. The number of nitrogens with zero attached hydrogens (tertiary/aromatic N) is 2. The minimum atomic E-state index is -1.05. The van der Waals surface area contributed by atoms with Gasteiger partial charge in [-0.25, -0.2) is 14.2 Å². The van der Waals surface area contributed by atoms with Crippen molar-refractivity contribution >= 4 is 23.2 Å². The van der Waals surface area contributed by atoms with Crippen molar-refractivity contribution in [2.45, 2.75) is 50.7 Å². The smallest absolute Gasteiger partial charge is 0.358 e. The van der Waals surface area contributed by atoms with Crippen LogP contribution in [0.5, 0.6) is 0 Å². The van der Waals surface area contributed by atoms with E-state index < -0.39 is 23.5 Å². The maximum atomic E-state index is 13.0. The fraction of sp³-hybridized carbons (Fsp3) is 0.400. The van der Waals surface area contributed by atoms with Crippen molar-refractivity contribution in [2.75, 3.05) is 0 Å². The lowest BCUT2D eigenvalue weighted by Crippen LogP contribution is -2.52. The molecule has 1 amide bonds. The molecule has 0 aliphatic heterocycles. The molecule has 0 radical (unpaired) electrons. The quantitative estimate of drug-likeness (QED) is 0.769. The number of esters is 1. The molecule has 0 unspecified atom stereocenters. The summed E-state index contributed by atoms with van der Waals surface area (Å²) in [7, 11) is 0. The number of aromatic nitrogens is 1. The van der Waals surface area contributed by atoms with Gasteiger partial charge in [-0.1, -0.05) is 19.3 Å². The Morgan fingerprint density at radius 1 is 1.29 bits per heavy atom. The molecule has 1 atom stereocenters. The second-order valence-corrected chi connectivity index (χ2v) is 7.69. The van der Waals surface area contributed by atoms with Gasteiger partial charge in [-0.05, 0) is 44.0 Å². The highest BCUT2D eigenvalue weighted by Crippen LogP contribution is 2.28. The van der Waals surface area contributed by atoms with Gasteiger partial charge in [0.25, 0.3) is 5.91 Å². The summed E-state index contributed by atoms with van der Waals surface area (Å²) in [6.07, 6.45) is 2.96. The number of rotatable bonds is 5. The standard InChI is InChI=1S/C20H20FN3O3S/c1-13(17(25)24-20(12-22)9-3-2-4-10-20)27-19(26)16-11-28-18(23-16)14-5-7-15(21)8-6-14/h5-8,11,13H,2-4,9-10H2,1H3,(H,24,25)/t13-/m1/s1. The molecule has 1 saturated carbocycles.